The van der Waals surface area contributed by atoms with Gasteiger partial charge in [-0.3, -0.25) is 4.79 Å². The molecule has 0 radical (unpaired) electrons. The molecular weight excluding hydrogens is 442 g/mol. The summed E-state index contributed by atoms with van der Waals surface area (Å²) in [5.41, 5.74) is 2.06. The van der Waals surface area contributed by atoms with E-state index in [1.807, 2.05) is 51.1 Å². The van der Waals surface area contributed by atoms with Crippen LogP contribution >= 0.6 is 0 Å². The maximum absolute atomic E-state index is 11.8. The van der Waals surface area contributed by atoms with E-state index in [0.717, 1.165) is 36.2 Å². The van der Waals surface area contributed by atoms with Crippen LogP contribution in [-0.4, -0.2) is 37.7 Å². The van der Waals surface area contributed by atoms with Gasteiger partial charge in [-0.25, -0.2) is 4.79 Å². The third-order valence-electron chi connectivity index (χ3n) is 5.33. The molecular formula is C29H41NO5. The lowest BCUT2D eigenvalue weighted by atomic mass is 10.0. The van der Waals surface area contributed by atoms with Gasteiger partial charge in [0.25, 0.3) is 0 Å². The van der Waals surface area contributed by atoms with E-state index in [0.29, 0.717) is 24.3 Å². The highest BCUT2D eigenvalue weighted by molar-refractivity contribution is 5.75. The summed E-state index contributed by atoms with van der Waals surface area (Å²) in [6, 6.07) is 13.4. The number of unbranched alkanes of at least 4 members (excludes halogenated alkanes) is 5. The Morgan fingerprint density at radius 3 is 2.31 bits per heavy atom. The maximum Gasteiger partial charge on any atom is 0.407 e. The number of aldehydes is 1. The van der Waals surface area contributed by atoms with Crippen molar-refractivity contribution in [3.63, 3.8) is 0 Å². The second-order valence-electron chi connectivity index (χ2n) is 9.70. The molecule has 1 amide bonds. The Hall–Kier alpha value is -3.02. The van der Waals surface area contributed by atoms with Crippen LogP contribution in [0.5, 0.6) is 11.5 Å². The molecule has 0 bridgehead atoms. The molecule has 0 saturated carbocycles. The molecule has 0 spiro atoms. The van der Waals surface area contributed by atoms with Crippen LogP contribution in [0.25, 0.3) is 0 Å². The van der Waals surface area contributed by atoms with Gasteiger partial charge in [0.05, 0.1) is 13.2 Å². The van der Waals surface area contributed by atoms with E-state index in [-0.39, 0.29) is 6.61 Å². The van der Waals surface area contributed by atoms with Gasteiger partial charge < -0.3 is 19.5 Å². The lowest BCUT2D eigenvalue weighted by molar-refractivity contribution is 0.0520. The Labute approximate surface area is 210 Å². The molecule has 0 fully saturated rings. The van der Waals surface area contributed by atoms with Gasteiger partial charge in [-0.2, -0.15) is 0 Å². The minimum atomic E-state index is -0.544. The summed E-state index contributed by atoms with van der Waals surface area (Å²) in [4.78, 5) is 23.1. The third kappa shape index (κ3) is 11.8. The zero-order valence-electron chi connectivity index (χ0n) is 21.7. The molecule has 35 heavy (non-hydrogen) atoms. The number of carbonyl (C=O) groups is 2. The monoisotopic (exact) mass is 483 g/mol. The Morgan fingerprint density at radius 2 is 1.63 bits per heavy atom. The molecule has 6 nitrogen and oxygen atoms in total. The quantitative estimate of drug-likeness (QED) is 0.224. The number of alkyl carbamates (subject to hydrolysis) is 1. The highest BCUT2D eigenvalue weighted by Gasteiger charge is 2.15. The molecule has 2 aromatic rings. The van der Waals surface area contributed by atoms with Crippen molar-refractivity contribution in [2.24, 2.45) is 0 Å². The van der Waals surface area contributed by atoms with Crippen molar-refractivity contribution in [2.75, 3.05) is 19.8 Å². The van der Waals surface area contributed by atoms with Crippen molar-refractivity contribution in [1.29, 1.82) is 0 Å². The average molecular weight is 484 g/mol. The van der Waals surface area contributed by atoms with Crippen molar-refractivity contribution in [3.8, 4) is 11.5 Å². The number of nitrogens with one attached hydrogen (secondary N) is 1. The summed E-state index contributed by atoms with van der Waals surface area (Å²) in [5, 5.41) is 2.68. The minimum absolute atomic E-state index is 0.290. The second kappa shape index (κ2) is 15.1. The zero-order valence-corrected chi connectivity index (χ0v) is 21.7. The molecule has 0 heterocycles. The van der Waals surface area contributed by atoms with Crippen molar-refractivity contribution >= 4 is 12.4 Å². The van der Waals surface area contributed by atoms with E-state index in [1.54, 1.807) is 12.1 Å². The first kappa shape index (κ1) is 28.2. The van der Waals surface area contributed by atoms with Crippen molar-refractivity contribution in [3.05, 3.63) is 59.2 Å². The molecule has 0 aliphatic heterocycles. The van der Waals surface area contributed by atoms with Gasteiger partial charge in [0, 0.05) is 12.0 Å². The van der Waals surface area contributed by atoms with Crippen LogP contribution in [0.1, 0.15) is 87.7 Å². The van der Waals surface area contributed by atoms with Crippen LogP contribution in [0.15, 0.2) is 42.5 Å². The average Bonchev–Trinajstić information content (AvgIpc) is 2.82. The maximum atomic E-state index is 11.8. The second-order valence-corrected chi connectivity index (χ2v) is 9.70. The van der Waals surface area contributed by atoms with Gasteiger partial charge in [0.2, 0.25) is 0 Å². The minimum Gasteiger partial charge on any atom is -0.494 e. The highest BCUT2D eigenvalue weighted by atomic mass is 16.6. The molecule has 2 rings (SSSR count). The van der Waals surface area contributed by atoms with E-state index >= 15 is 0 Å². The fourth-order valence-corrected chi connectivity index (χ4v) is 3.58. The molecule has 2 aromatic carbocycles. The Morgan fingerprint density at radius 1 is 0.914 bits per heavy atom. The SMILES string of the molecule is CCCCCCCCOc1ccc(Cc2cc(C=O)ccc2OCCNC(=O)OC(C)(C)C)cc1. The third-order valence-corrected chi connectivity index (χ3v) is 5.33. The normalized spacial score (nSPS) is 11.1. The Bertz CT molecular complexity index is 902. The van der Waals surface area contributed by atoms with Crippen LogP contribution in [0.2, 0.25) is 0 Å². The topological polar surface area (TPSA) is 73.9 Å². The summed E-state index contributed by atoms with van der Waals surface area (Å²) in [5.74, 6) is 1.55. The molecule has 1 N–H and O–H groups in total. The first-order valence-corrected chi connectivity index (χ1v) is 12.7. The summed E-state index contributed by atoms with van der Waals surface area (Å²) >= 11 is 0. The predicted octanol–water partition coefficient (Wildman–Crippen LogP) is 6.73. The molecule has 0 aromatic heterocycles. The van der Waals surface area contributed by atoms with Crippen LogP contribution < -0.4 is 14.8 Å². The van der Waals surface area contributed by atoms with Crippen LogP contribution in [0.3, 0.4) is 0 Å². The van der Waals surface area contributed by atoms with Gasteiger partial charge >= 0.3 is 6.09 Å². The summed E-state index contributed by atoms with van der Waals surface area (Å²) in [6.07, 6.45) is 8.42. The van der Waals surface area contributed by atoms with Gasteiger partial charge in [0.15, 0.2) is 0 Å². The molecule has 0 aliphatic carbocycles. The fraction of sp³-hybridized carbons (Fsp3) is 0.517. The molecule has 0 unspecified atom stereocenters. The number of hydrogen-bond acceptors (Lipinski definition) is 5. The van der Waals surface area contributed by atoms with Crippen LogP contribution in [0.4, 0.5) is 4.79 Å². The summed E-state index contributed by atoms with van der Waals surface area (Å²) in [6.45, 7) is 9.02. The number of rotatable bonds is 15. The van der Waals surface area contributed by atoms with Crippen molar-refractivity contribution in [2.45, 2.75) is 78.2 Å². The molecule has 0 saturated heterocycles. The van der Waals surface area contributed by atoms with Crippen molar-refractivity contribution < 1.29 is 23.8 Å². The number of hydrogen-bond donors (Lipinski definition) is 1. The van der Waals surface area contributed by atoms with Crippen LogP contribution in [-0.2, 0) is 11.2 Å². The Balaban J connectivity index is 1.86. The molecule has 0 atom stereocenters. The van der Waals surface area contributed by atoms with E-state index in [2.05, 4.69) is 12.2 Å². The molecule has 6 heteroatoms. The number of amides is 1. The highest BCUT2D eigenvalue weighted by Crippen LogP contribution is 2.24. The lowest BCUT2D eigenvalue weighted by Crippen LogP contribution is -2.34. The lowest BCUT2D eigenvalue weighted by Gasteiger charge is -2.19. The largest absolute Gasteiger partial charge is 0.494 e. The standard InChI is InChI=1S/C29H41NO5/c1-5-6-7-8-9-10-18-33-26-14-11-23(12-15-26)20-25-21-24(22-31)13-16-27(25)34-19-17-30-28(32)35-29(2,3)4/h11-16,21-22H,5-10,17-20H2,1-4H3,(H,30,32). The van der Waals surface area contributed by atoms with E-state index in [4.69, 9.17) is 14.2 Å². The number of carbonyl (C=O) groups excluding carboxylic acids is 2. The van der Waals surface area contributed by atoms with E-state index < -0.39 is 11.7 Å². The van der Waals surface area contributed by atoms with Crippen molar-refractivity contribution in [1.82, 2.24) is 5.32 Å². The number of benzene rings is 2. The van der Waals surface area contributed by atoms with Gasteiger partial charge in [-0.1, -0.05) is 51.2 Å². The van der Waals surface area contributed by atoms with E-state index in [1.165, 1.54) is 32.1 Å². The summed E-state index contributed by atoms with van der Waals surface area (Å²) < 4.78 is 17.0. The van der Waals surface area contributed by atoms with E-state index in [9.17, 15) is 9.59 Å². The smallest absolute Gasteiger partial charge is 0.407 e. The molecule has 192 valence electrons. The van der Waals surface area contributed by atoms with Gasteiger partial charge in [-0.15, -0.1) is 0 Å². The van der Waals surface area contributed by atoms with Gasteiger partial charge in [-0.05, 0) is 68.7 Å². The van der Waals surface area contributed by atoms with Gasteiger partial charge in [0.1, 0.15) is 30.0 Å². The number of ether oxygens (including phenoxy) is 3. The zero-order chi connectivity index (χ0) is 25.5. The summed E-state index contributed by atoms with van der Waals surface area (Å²) in [7, 11) is 0. The molecule has 0 aliphatic rings. The Kier molecular flexibility index (Phi) is 12.2. The van der Waals surface area contributed by atoms with Crippen LogP contribution in [0, 0.1) is 0 Å². The first-order chi connectivity index (χ1) is 16.8. The predicted molar refractivity (Wildman–Crippen MR) is 140 cm³/mol. The first-order valence-electron chi connectivity index (χ1n) is 12.7. The fourth-order valence-electron chi connectivity index (χ4n) is 3.58.